The fraction of sp³-hybridized carbons (Fsp3) is 0.833. The van der Waals surface area contributed by atoms with Crippen LogP contribution in [-0.4, -0.2) is 42.9 Å². The maximum absolute atomic E-state index is 11.9. The second-order valence-electron chi connectivity index (χ2n) is 5.36. The van der Waals surface area contributed by atoms with Gasteiger partial charge in [0.25, 0.3) is 0 Å². The summed E-state index contributed by atoms with van der Waals surface area (Å²) in [6, 6.07) is 0. The third-order valence-corrected chi connectivity index (χ3v) is 2.56. The highest BCUT2D eigenvalue weighted by Gasteiger charge is 2.44. The molecule has 1 rings (SSSR count). The van der Waals surface area contributed by atoms with Gasteiger partial charge in [-0.15, -0.1) is 0 Å². The van der Waals surface area contributed by atoms with Gasteiger partial charge in [-0.3, -0.25) is 0 Å². The van der Waals surface area contributed by atoms with Crippen molar-refractivity contribution in [1.82, 2.24) is 10.6 Å². The standard InChI is InChI=1S/C12H22N2O4/c1-5-17-9(15)12(6-7-13-8-12)14-10(16)18-11(2,3)4/h13H,5-8H2,1-4H3,(H,14,16). The minimum Gasteiger partial charge on any atom is -0.464 e. The molecule has 1 amide bonds. The number of nitrogens with one attached hydrogen (secondary N) is 2. The van der Waals surface area contributed by atoms with Crippen molar-refractivity contribution in [2.45, 2.75) is 45.3 Å². The minimum absolute atomic E-state index is 0.288. The molecule has 2 N–H and O–H groups in total. The first-order valence-corrected chi connectivity index (χ1v) is 6.18. The SMILES string of the molecule is CCOC(=O)C1(NC(=O)OC(C)(C)C)CCNC1. The summed E-state index contributed by atoms with van der Waals surface area (Å²) in [7, 11) is 0. The van der Waals surface area contributed by atoms with Gasteiger partial charge in [-0.1, -0.05) is 0 Å². The largest absolute Gasteiger partial charge is 0.464 e. The van der Waals surface area contributed by atoms with Gasteiger partial charge in [0.2, 0.25) is 0 Å². The van der Waals surface area contributed by atoms with Crippen LogP contribution in [0, 0.1) is 0 Å². The molecule has 0 bridgehead atoms. The molecule has 1 atom stereocenters. The van der Waals surface area contributed by atoms with Crippen molar-refractivity contribution in [3.8, 4) is 0 Å². The number of carbonyl (C=O) groups excluding carboxylic acids is 2. The molecule has 1 heterocycles. The quantitative estimate of drug-likeness (QED) is 0.732. The molecule has 1 unspecified atom stereocenters. The molecule has 0 spiro atoms. The lowest BCUT2D eigenvalue weighted by Crippen LogP contribution is -2.57. The van der Waals surface area contributed by atoms with Crippen LogP contribution < -0.4 is 10.6 Å². The Morgan fingerprint density at radius 1 is 1.39 bits per heavy atom. The summed E-state index contributed by atoms with van der Waals surface area (Å²) in [5, 5.41) is 5.68. The van der Waals surface area contributed by atoms with Crippen LogP contribution in [-0.2, 0) is 14.3 Å². The highest BCUT2D eigenvalue weighted by Crippen LogP contribution is 2.18. The van der Waals surface area contributed by atoms with Crippen molar-refractivity contribution >= 4 is 12.1 Å². The molecule has 104 valence electrons. The topological polar surface area (TPSA) is 76.7 Å². The molecular formula is C12H22N2O4. The first kappa shape index (κ1) is 14.8. The molecule has 6 heteroatoms. The Kier molecular flexibility index (Phi) is 4.56. The van der Waals surface area contributed by atoms with E-state index in [1.54, 1.807) is 27.7 Å². The Labute approximate surface area is 107 Å². The van der Waals surface area contributed by atoms with Crippen molar-refractivity contribution < 1.29 is 19.1 Å². The molecule has 0 aromatic heterocycles. The number of hydrogen-bond acceptors (Lipinski definition) is 5. The van der Waals surface area contributed by atoms with Crippen LogP contribution in [0.4, 0.5) is 4.79 Å². The summed E-state index contributed by atoms with van der Waals surface area (Å²) in [6.07, 6.45) is -0.0929. The summed E-state index contributed by atoms with van der Waals surface area (Å²) < 4.78 is 10.2. The van der Waals surface area contributed by atoms with Crippen molar-refractivity contribution in [1.29, 1.82) is 0 Å². The number of hydrogen-bond donors (Lipinski definition) is 2. The first-order chi connectivity index (χ1) is 8.29. The summed E-state index contributed by atoms with van der Waals surface area (Å²) in [5.74, 6) is -0.416. The monoisotopic (exact) mass is 258 g/mol. The Morgan fingerprint density at radius 2 is 2.06 bits per heavy atom. The van der Waals surface area contributed by atoms with Crippen LogP contribution in [0.3, 0.4) is 0 Å². The Hall–Kier alpha value is -1.30. The average Bonchev–Trinajstić information content (AvgIpc) is 2.64. The van der Waals surface area contributed by atoms with Gasteiger partial charge in [0, 0.05) is 6.54 Å². The van der Waals surface area contributed by atoms with Gasteiger partial charge in [-0.05, 0) is 40.7 Å². The molecular weight excluding hydrogens is 236 g/mol. The van der Waals surface area contributed by atoms with Crippen molar-refractivity contribution in [3.05, 3.63) is 0 Å². The van der Waals surface area contributed by atoms with E-state index in [-0.39, 0.29) is 6.61 Å². The Bertz CT molecular complexity index is 317. The molecule has 1 aliphatic rings. The van der Waals surface area contributed by atoms with Gasteiger partial charge in [-0.2, -0.15) is 0 Å². The smallest absolute Gasteiger partial charge is 0.408 e. The zero-order valence-corrected chi connectivity index (χ0v) is 11.5. The molecule has 1 fully saturated rings. The molecule has 0 aromatic carbocycles. The van der Waals surface area contributed by atoms with E-state index in [9.17, 15) is 9.59 Å². The van der Waals surface area contributed by atoms with E-state index < -0.39 is 23.2 Å². The van der Waals surface area contributed by atoms with E-state index in [4.69, 9.17) is 9.47 Å². The molecule has 0 saturated carbocycles. The molecule has 18 heavy (non-hydrogen) atoms. The lowest BCUT2D eigenvalue weighted by Gasteiger charge is -2.28. The summed E-state index contributed by atoms with van der Waals surface area (Å²) >= 11 is 0. The van der Waals surface area contributed by atoms with Crippen LogP contribution >= 0.6 is 0 Å². The second-order valence-corrected chi connectivity index (χ2v) is 5.36. The van der Waals surface area contributed by atoms with E-state index in [0.717, 1.165) is 0 Å². The number of carbonyl (C=O) groups is 2. The van der Waals surface area contributed by atoms with E-state index in [2.05, 4.69) is 10.6 Å². The summed E-state index contributed by atoms with van der Waals surface area (Å²) in [6.45, 7) is 8.38. The molecule has 1 aliphatic heterocycles. The lowest BCUT2D eigenvalue weighted by atomic mass is 9.99. The molecule has 6 nitrogen and oxygen atoms in total. The van der Waals surface area contributed by atoms with Crippen LogP contribution in [0.15, 0.2) is 0 Å². The van der Waals surface area contributed by atoms with Crippen LogP contribution in [0.2, 0.25) is 0 Å². The summed E-state index contributed by atoms with van der Waals surface area (Å²) in [5.41, 5.74) is -1.59. The zero-order chi connectivity index (χ0) is 13.8. The zero-order valence-electron chi connectivity index (χ0n) is 11.5. The van der Waals surface area contributed by atoms with Gasteiger partial charge in [0.1, 0.15) is 5.60 Å². The van der Waals surface area contributed by atoms with Gasteiger partial charge < -0.3 is 20.1 Å². The van der Waals surface area contributed by atoms with Crippen molar-refractivity contribution in [2.24, 2.45) is 0 Å². The molecule has 0 aliphatic carbocycles. The lowest BCUT2D eigenvalue weighted by molar-refractivity contribution is -0.150. The normalized spacial score (nSPS) is 23.6. The molecule has 0 radical (unpaired) electrons. The minimum atomic E-state index is -1.00. The van der Waals surface area contributed by atoms with E-state index in [0.29, 0.717) is 19.5 Å². The predicted molar refractivity (Wildman–Crippen MR) is 66.2 cm³/mol. The van der Waals surface area contributed by atoms with Crippen LogP contribution in [0.25, 0.3) is 0 Å². The predicted octanol–water partition coefficient (Wildman–Crippen LogP) is 0.806. The third kappa shape index (κ3) is 3.87. The van der Waals surface area contributed by atoms with Crippen LogP contribution in [0.5, 0.6) is 0 Å². The Balaban J connectivity index is 2.69. The number of ether oxygens (including phenoxy) is 2. The van der Waals surface area contributed by atoms with Gasteiger partial charge in [0.15, 0.2) is 5.54 Å². The van der Waals surface area contributed by atoms with E-state index in [1.807, 2.05) is 0 Å². The number of rotatable bonds is 3. The van der Waals surface area contributed by atoms with E-state index >= 15 is 0 Å². The van der Waals surface area contributed by atoms with Crippen LogP contribution in [0.1, 0.15) is 34.1 Å². The fourth-order valence-electron chi connectivity index (χ4n) is 1.79. The molecule has 0 aromatic rings. The number of alkyl carbamates (subject to hydrolysis) is 1. The maximum Gasteiger partial charge on any atom is 0.408 e. The number of amides is 1. The first-order valence-electron chi connectivity index (χ1n) is 6.18. The Morgan fingerprint density at radius 3 is 2.50 bits per heavy atom. The number of esters is 1. The van der Waals surface area contributed by atoms with E-state index in [1.165, 1.54) is 0 Å². The van der Waals surface area contributed by atoms with Gasteiger partial charge in [0.05, 0.1) is 6.61 Å². The summed E-state index contributed by atoms with van der Waals surface area (Å²) in [4.78, 5) is 23.7. The van der Waals surface area contributed by atoms with Gasteiger partial charge in [-0.25, -0.2) is 9.59 Å². The van der Waals surface area contributed by atoms with Crippen molar-refractivity contribution in [2.75, 3.05) is 19.7 Å². The third-order valence-electron chi connectivity index (χ3n) is 2.56. The van der Waals surface area contributed by atoms with Crippen molar-refractivity contribution in [3.63, 3.8) is 0 Å². The highest BCUT2D eigenvalue weighted by molar-refractivity contribution is 5.86. The van der Waals surface area contributed by atoms with Gasteiger partial charge >= 0.3 is 12.1 Å². The highest BCUT2D eigenvalue weighted by atomic mass is 16.6. The molecule has 1 saturated heterocycles. The second kappa shape index (κ2) is 5.56. The maximum atomic E-state index is 11.9. The fourth-order valence-corrected chi connectivity index (χ4v) is 1.79. The average molecular weight is 258 g/mol.